The van der Waals surface area contributed by atoms with E-state index in [1.165, 1.54) is 12.0 Å². The van der Waals surface area contributed by atoms with Crippen LogP contribution in [-0.4, -0.2) is 47.6 Å². The van der Waals surface area contributed by atoms with E-state index in [2.05, 4.69) is 0 Å². The van der Waals surface area contributed by atoms with Crippen LogP contribution in [0.15, 0.2) is 0 Å². The molecule has 3 unspecified atom stereocenters. The van der Waals surface area contributed by atoms with Crippen molar-refractivity contribution in [3.05, 3.63) is 0 Å². The highest BCUT2D eigenvalue weighted by molar-refractivity contribution is 5.83. The number of piperidine rings is 1. The summed E-state index contributed by atoms with van der Waals surface area (Å²) in [6, 6.07) is 0. The van der Waals surface area contributed by atoms with Gasteiger partial charge in [0.25, 0.3) is 0 Å². The van der Waals surface area contributed by atoms with Gasteiger partial charge in [-0.2, -0.15) is 0 Å². The Morgan fingerprint density at radius 2 is 2.00 bits per heavy atom. The number of amides is 1. The zero-order valence-corrected chi connectivity index (χ0v) is 11.8. The van der Waals surface area contributed by atoms with E-state index in [1.807, 2.05) is 0 Å². The molecule has 3 atom stereocenters. The standard InChI is InChI=1S/C13H21NO5/c1-12(2,3)19-11(17)14-6-5-8-7-13(8,9(14)15)10(16)18-4/h8-9,15H,5-7H2,1-4H3. The second-order valence-corrected chi connectivity index (χ2v) is 6.27. The summed E-state index contributed by atoms with van der Waals surface area (Å²) in [5, 5.41) is 10.3. The molecule has 1 aliphatic heterocycles. The molecule has 6 heteroatoms. The molecule has 1 heterocycles. The van der Waals surface area contributed by atoms with Crippen molar-refractivity contribution >= 4 is 12.1 Å². The fraction of sp³-hybridized carbons (Fsp3) is 0.846. The van der Waals surface area contributed by atoms with E-state index >= 15 is 0 Å². The van der Waals surface area contributed by atoms with Crippen molar-refractivity contribution in [3.63, 3.8) is 0 Å². The quantitative estimate of drug-likeness (QED) is 0.723. The lowest BCUT2D eigenvalue weighted by Gasteiger charge is -2.37. The lowest BCUT2D eigenvalue weighted by molar-refractivity contribution is -0.162. The second kappa shape index (κ2) is 4.37. The van der Waals surface area contributed by atoms with Crippen LogP contribution < -0.4 is 0 Å². The van der Waals surface area contributed by atoms with E-state index in [0.29, 0.717) is 19.4 Å². The summed E-state index contributed by atoms with van der Waals surface area (Å²) in [6.45, 7) is 5.69. The van der Waals surface area contributed by atoms with Crippen LogP contribution in [0.2, 0.25) is 0 Å². The third-order valence-corrected chi connectivity index (χ3v) is 3.82. The topological polar surface area (TPSA) is 76.1 Å². The molecular weight excluding hydrogens is 250 g/mol. The number of aliphatic hydroxyl groups is 1. The highest BCUT2D eigenvalue weighted by atomic mass is 16.6. The highest BCUT2D eigenvalue weighted by Crippen LogP contribution is 2.60. The molecule has 1 saturated carbocycles. The number of aliphatic hydroxyl groups excluding tert-OH is 1. The maximum atomic E-state index is 12.0. The number of carbonyl (C=O) groups is 2. The molecule has 19 heavy (non-hydrogen) atoms. The van der Waals surface area contributed by atoms with Crippen LogP contribution >= 0.6 is 0 Å². The second-order valence-electron chi connectivity index (χ2n) is 6.27. The Hall–Kier alpha value is -1.30. The molecule has 2 aliphatic rings. The summed E-state index contributed by atoms with van der Waals surface area (Å²) in [6.07, 6.45) is -0.492. The van der Waals surface area contributed by atoms with Gasteiger partial charge in [-0.1, -0.05) is 0 Å². The van der Waals surface area contributed by atoms with E-state index in [-0.39, 0.29) is 5.92 Å². The molecule has 0 aromatic heterocycles. The average molecular weight is 271 g/mol. The van der Waals surface area contributed by atoms with E-state index in [4.69, 9.17) is 9.47 Å². The molecule has 0 aromatic carbocycles. The largest absolute Gasteiger partial charge is 0.468 e. The summed E-state index contributed by atoms with van der Waals surface area (Å²) in [7, 11) is 1.30. The van der Waals surface area contributed by atoms with Gasteiger partial charge in [-0.25, -0.2) is 4.79 Å². The summed E-state index contributed by atoms with van der Waals surface area (Å²) >= 11 is 0. The van der Waals surface area contributed by atoms with E-state index in [1.54, 1.807) is 20.8 Å². The zero-order chi connectivity index (χ0) is 14.4. The molecule has 0 spiro atoms. The minimum atomic E-state index is -1.16. The Bertz CT molecular complexity index is 402. The number of hydrogen-bond acceptors (Lipinski definition) is 5. The average Bonchev–Trinajstić information content (AvgIpc) is 3.02. The monoisotopic (exact) mass is 271 g/mol. The van der Waals surface area contributed by atoms with Crippen LogP contribution in [0.25, 0.3) is 0 Å². The fourth-order valence-electron chi connectivity index (χ4n) is 2.78. The van der Waals surface area contributed by atoms with Crippen molar-refractivity contribution in [2.24, 2.45) is 11.3 Å². The number of carbonyl (C=O) groups excluding carboxylic acids is 2. The van der Waals surface area contributed by atoms with Gasteiger partial charge < -0.3 is 14.6 Å². The van der Waals surface area contributed by atoms with E-state index < -0.39 is 29.3 Å². The van der Waals surface area contributed by atoms with Gasteiger partial charge in [0.05, 0.1) is 7.11 Å². The maximum Gasteiger partial charge on any atom is 0.412 e. The summed E-state index contributed by atoms with van der Waals surface area (Å²) in [5.74, 6) is -0.341. The van der Waals surface area contributed by atoms with Gasteiger partial charge in [0.15, 0.2) is 0 Å². The van der Waals surface area contributed by atoms with E-state index in [9.17, 15) is 14.7 Å². The number of likely N-dealkylation sites (tertiary alicyclic amines) is 1. The first-order valence-electron chi connectivity index (χ1n) is 6.48. The minimum Gasteiger partial charge on any atom is -0.468 e. The number of nitrogens with zero attached hydrogens (tertiary/aromatic N) is 1. The third-order valence-electron chi connectivity index (χ3n) is 3.82. The van der Waals surface area contributed by atoms with Gasteiger partial charge in [-0.3, -0.25) is 9.69 Å². The van der Waals surface area contributed by atoms with Crippen molar-refractivity contribution in [1.82, 2.24) is 4.90 Å². The lowest BCUT2D eigenvalue weighted by atomic mass is 9.95. The predicted octanol–water partition coefficient (Wildman–Crippen LogP) is 1.12. The lowest BCUT2D eigenvalue weighted by Crippen LogP contribution is -2.53. The number of methoxy groups -OCH3 is 1. The Morgan fingerprint density at radius 3 is 2.53 bits per heavy atom. The molecule has 1 aliphatic carbocycles. The van der Waals surface area contributed by atoms with Gasteiger partial charge in [0, 0.05) is 6.54 Å². The summed E-state index contributed by atoms with van der Waals surface area (Å²) in [4.78, 5) is 25.1. The maximum absolute atomic E-state index is 12.0. The van der Waals surface area contributed by atoms with Crippen LogP contribution in [0.1, 0.15) is 33.6 Å². The molecule has 1 amide bonds. The first-order valence-corrected chi connectivity index (χ1v) is 6.48. The molecule has 2 rings (SSSR count). The van der Waals surface area contributed by atoms with Crippen molar-refractivity contribution in [2.45, 2.75) is 45.4 Å². The molecule has 1 saturated heterocycles. The normalized spacial score (nSPS) is 33.4. The molecule has 108 valence electrons. The summed E-state index contributed by atoms with van der Waals surface area (Å²) in [5.41, 5.74) is -1.57. The predicted molar refractivity (Wildman–Crippen MR) is 66.1 cm³/mol. The fourth-order valence-corrected chi connectivity index (χ4v) is 2.78. The zero-order valence-electron chi connectivity index (χ0n) is 11.8. The minimum absolute atomic E-state index is 0.105. The van der Waals surface area contributed by atoms with Crippen molar-refractivity contribution in [3.8, 4) is 0 Å². The van der Waals surface area contributed by atoms with Crippen LogP contribution in [-0.2, 0) is 14.3 Å². The number of hydrogen-bond donors (Lipinski definition) is 1. The Balaban J connectivity index is 2.12. The first-order chi connectivity index (χ1) is 8.72. The van der Waals surface area contributed by atoms with Gasteiger partial charge in [-0.05, 0) is 39.5 Å². The van der Waals surface area contributed by atoms with Crippen molar-refractivity contribution < 1.29 is 24.2 Å². The van der Waals surface area contributed by atoms with Gasteiger partial charge in [-0.15, -0.1) is 0 Å². The smallest absolute Gasteiger partial charge is 0.412 e. The molecule has 0 aromatic rings. The van der Waals surface area contributed by atoms with Crippen LogP contribution in [0.5, 0.6) is 0 Å². The molecule has 0 bridgehead atoms. The SMILES string of the molecule is COC(=O)C12CC1CCN(C(=O)OC(C)(C)C)C2O. The van der Waals surface area contributed by atoms with Crippen LogP contribution in [0, 0.1) is 11.3 Å². The number of esters is 1. The molecule has 0 radical (unpaired) electrons. The molecule has 1 N–H and O–H groups in total. The van der Waals surface area contributed by atoms with Crippen LogP contribution in [0.3, 0.4) is 0 Å². The van der Waals surface area contributed by atoms with E-state index in [0.717, 1.165) is 0 Å². The molecular formula is C13H21NO5. The first kappa shape index (κ1) is 14.1. The Morgan fingerprint density at radius 1 is 1.37 bits per heavy atom. The molecule has 6 nitrogen and oxygen atoms in total. The summed E-state index contributed by atoms with van der Waals surface area (Å²) < 4.78 is 10.0. The number of rotatable bonds is 1. The highest BCUT2D eigenvalue weighted by Gasteiger charge is 2.69. The van der Waals surface area contributed by atoms with Gasteiger partial charge in [0.2, 0.25) is 0 Å². The van der Waals surface area contributed by atoms with Gasteiger partial charge in [0.1, 0.15) is 17.2 Å². The van der Waals surface area contributed by atoms with Crippen LogP contribution in [0.4, 0.5) is 4.79 Å². The molecule has 2 fully saturated rings. The Labute approximate surface area is 112 Å². The number of fused-ring (bicyclic) bond motifs is 1. The Kier molecular flexibility index (Phi) is 3.24. The van der Waals surface area contributed by atoms with Gasteiger partial charge >= 0.3 is 12.1 Å². The van der Waals surface area contributed by atoms with Crippen molar-refractivity contribution in [2.75, 3.05) is 13.7 Å². The van der Waals surface area contributed by atoms with Crippen molar-refractivity contribution in [1.29, 1.82) is 0 Å². The third kappa shape index (κ3) is 2.29. The number of ether oxygens (including phenoxy) is 2.